The van der Waals surface area contributed by atoms with Gasteiger partial charge in [0, 0.05) is 106 Å². The molecule has 0 radical (unpaired) electrons. The van der Waals surface area contributed by atoms with E-state index in [1.165, 1.54) is 44.4 Å². The average Bonchev–Trinajstić information content (AvgIpc) is 0.814. The van der Waals surface area contributed by atoms with Crippen molar-refractivity contribution in [2.75, 3.05) is 72.0 Å². The van der Waals surface area contributed by atoms with Gasteiger partial charge in [-0.1, -0.05) is 38.1 Å². The van der Waals surface area contributed by atoms with Crippen molar-refractivity contribution in [3.8, 4) is 17.2 Å². The van der Waals surface area contributed by atoms with E-state index in [4.69, 9.17) is 23.7 Å². The Morgan fingerprint density at radius 1 is 0.802 bits per heavy atom. The molecule has 0 bridgehead atoms. The summed E-state index contributed by atoms with van der Waals surface area (Å²) in [5.41, 5.74) is -3.49. The van der Waals surface area contributed by atoms with E-state index >= 15 is 0 Å². The normalized spacial score (nSPS) is 22.2. The fraction of sp³-hybridized carbons (Fsp3) is 0.483. The Balaban J connectivity index is 0.000000567. The molecule has 3 aromatic rings. The highest BCUT2D eigenvalue weighted by Crippen LogP contribution is 2.51. The van der Waals surface area contributed by atoms with Crippen LogP contribution in [0.25, 0.3) is 0 Å². The van der Waals surface area contributed by atoms with Gasteiger partial charge in [0.2, 0.25) is 29.4 Å². The summed E-state index contributed by atoms with van der Waals surface area (Å²) in [6.45, 7) is 8.41. The number of nitrogens with zero attached hydrogens (tertiary/aromatic N) is 2. The zero-order valence-electron chi connectivity index (χ0n) is 48.3. The van der Waals surface area contributed by atoms with Crippen molar-refractivity contribution >= 4 is 64.7 Å². The number of imide groups is 1. The molecule has 2 saturated heterocycles. The van der Waals surface area contributed by atoms with E-state index in [1.807, 2.05) is 6.92 Å². The molecule has 2 fully saturated rings. The molecule has 464 valence electrons. The molecule has 3 aromatic carbocycles. The van der Waals surface area contributed by atoms with Gasteiger partial charge < -0.3 is 81.1 Å². The molecule has 11 N–H and O–H groups in total. The van der Waals surface area contributed by atoms with Crippen molar-refractivity contribution < 1.29 is 97.2 Å². The molecule has 2 aliphatic carbocycles. The Bertz CT molecular complexity index is 3120. The Morgan fingerprint density at radius 2 is 1.49 bits per heavy atom. The number of morpholine rings is 1. The number of carbonyl (C=O) groups is 10. The minimum absolute atomic E-state index is 0.0527. The minimum atomic E-state index is -2.37. The molecule has 0 aromatic heterocycles. The number of alkyl carbamates (subject to hydrolysis) is 1. The number of hydrogen-bond donors (Lipinski definition) is 11. The second kappa shape index (κ2) is 28.7. The van der Waals surface area contributed by atoms with Crippen LogP contribution in [0.5, 0.6) is 17.2 Å². The summed E-state index contributed by atoms with van der Waals surface area (Å²) >= 11 is 0. The van der Waals surface area contributed by atoms with Crippen LogP contribution < -0.4 is 36.6 Å². The number of ether oxygens (including phenoxy) is 5. The lowest BCUT2D eigenvalue weighted by atomic mass is 9.72. The van der Waals surface area contributed by atoms with Gasteiger partial charge in [-0.3, -0.25) is 53.0 Å². The number of carbonyl (C=O) groups excluding carboxylic acids is 10. The summed E-state index contributed by atoms with van der Waals surface area (Å²) in [7, 11) is 2.94. The van der Waals surface area contributed by atoms with Crippen LogP contribution >= 0.6 is 0 Å². The number of nitrogens with one attached hydrogen (secondary N) is 6. The van der Waals surface area contributed by atoms with Gasteiger partial charge in [-0.05, 0) is 49.9 Å². The van der Waals surface area contributed by atoms with Gasteiger partial charge in [-0.25, -0.2) is 4.79 Å². The van der Waals surface area contributed by atoms with Crippen LogP contribution in [0.15, 0.2) is 54.6 Å². The number of phenols is 2. The topological polar surface area (TPSA) is 397 Å². The van der Waals surface area contributed by atoms with Gasteiger partial charge in [0.05, 0.1) is 55.3 Å². The maximum atomic E-state index is 13.6. The maximum absolute atomic E-state index is 13.6. The smallest absolute Gasteiger partial charge is 0.408 e. The van der Waals surface area contributed by atoms with Crippen molar-refractivity contribution in [3.63, 3.8) is 0 Å². The standard InChI is InChI=1S/C47H51N7O16.C11H21NO4/c1-22(2)38(53-30(56)14-17-54-32(58)12-13-33(54)59)44(65)50-20-31(57)52-25-10-8-24(9-11-25)21-70-46(67)51-23(3)43(64)48-15-16-49-45(66)47(68)18-27-34(28(55)19-47)41(62)37-36(40(27)61)39(60)26-6-5-7-29(69-4)35(26)42(37)63;1-8-11(13)9(3-5-15-8)12-4-6-16-10(7-12)14-2/h5-13,22-23,28,38,55,61-62,68H,14-21H2,1-4H3,(H,48,64)(H,49,66)(H,50,65)(H,51,67)(H,52,57)(H,53,56);8-11,13H,3-7H2,1-2H3. The third-order valence-corrected chi connectivity index (χ3v) is 15.2. The van der Waals surface area contributed by atoms with Crippen LogP contribution in [0, 0.1) is 5.92 Å². The summed E-state index contributed by atoms with van der Waals surface area (Å²) in [6.07, 6.45) is -1.84. The first kappa shape index (κ1) is 65.2. The molecule has 86 heavy (non-hydrogen) atoms. The number of benzene rings is 3. The Kier molecular flexibility index (Phi) is 21.7. The second-order valence-corrected chi connectivity index (χ2v) is 21.4. The third kappa shape index (κ3) is 15.2. The van der Waals surface area contributed by atoms with Gasteiger partial charge in [0.1, 0.15) is 41.5 Å². The van der Waals surface area contributed by atoms with E-state index < -0.39 is 131 Å². The van der Waals surface area contributed by atoms with Crippen LogP contribution in [0.3, 0.4) is 0 Å². The van der Waals surface area contributed by atoms with E-state index in [2.05, 4.69) is 36.8 Å². The minimum Gasteiger partial charge on any atom is -0.507 e. The number of anilines is 1. The number of rotatable bonds is 20. The highest BCUT2D eigenvalue weighted by molar-refractivity contribution is 6.31. The molecule has 8 atom stereocenters. The van der Waals surface area contributed by atoms with Crippen molar-refractivity contribution in [1.82, 2.24) is 36.4 Å². The first-order valence-corrected chi connectivity index (χ1v) is 27.8. The molecule has 3 heterocycles. The monoisotopic (exact) mass is 1200 g/mol. The van der Waals surface area contributed by atoms with E-state index in [-0.39, 0.29) is 85.0 Å². The molecule has 5 aliphatic rings. The molecular formula is C58H72N8O20. The Morgan fingerprint density at radius 3 is 2.16 bits per heavy atom. The largest absolute Gasteiger partial charge is 0.507 e. The maximum Gasteiger partial charge on any atom is 0.408 e. The van der Waals surface area contributed by atoms with Crippen molar-refractivity contribution in [1.29, 1.82) is 0 Å². The number of fused-ring (bicyclic) bond motifs is 3. The lowest BCUT2D eigenvalue weighted by molar-refractivity contribution is -0.190. The predicted molar refractivity (Wildman–Crippen MR) is 300 cm³/mol. The van der Waals surface area contributed by atoms with Crippen LogP contribution in [0.1, 0.15) is 102 Å². The summed E-state index contributed by atoms with van der Waals surface area (Å²) in [5, 5.41) is 70.0. The number of aromatic hydroxyl groups is 2. The highest BCUT2D eigenvalue weighted by Gasteiger charge is 2.49. The zero-order chi connectivity index (χ0) is 62.7. The number of methoxy groups -OCH3 is 2. The van der Waals surface area contributed by atoms with Crippen molar-refractivity contribution in [3.05, 3.63) is 93.6 Å². The molecule has 0 spiro atoms. The van der Waals surface area contributed by atoms with E-state index in [1.54, 1.807) is 33.1 Å². The van der Waals surface area contributed by atoms with Crippen LogP contribution in [-0.2, 0) is 65.5 Å². The number of hydrogen-bond acceptors (Lipinski definition) is 21. The molecule has 0 saturated carbocycles. The van der Waals surface area contributed by atoms with E-state index in [0.29, 0.717) is 17.9 Å². The zero-order valence-corrected chi connectivity index (χ0v) is 48.3. The molecule has 28 nitrogen and oxygen atoms in total. The molecule has 3 aliphatic heterocycles. The SMILES string of the molecule is COC1CN(C2CCOC(C)C2O)CCO1.COc1cccc2c1C(=O)c1c(O)c3c(c(O)c1C2=O)CC(O)(C(=O)NCCNC(=O)C(C)NC(=O)OCc1ccc(NC(=O)CNC(=O)C(NC(=O)CCN2C(=O)C=CC2=O)C(C)C)cc1)CC3O. The van der Waals surface area contributed by atoms with E-state index in [0.717, 1.165) is 43.2 Å². The summed E-state index contributed by atoms with van der Waals surface area (Å²) in [4.78, 5) is 130. The fourth-order valence-corrected chi connectivity index (χ4v) is 10.5. The number of aliphatic hydroxyl groups excluding tert-OH is 2. The summed E-state index contributed by atoms with van der Waals surface area (Å²) < 4.78 is 26.5. The lowest BCUT2D eigenvalue weighted by Gasteiger charge is -2.43. The molecule has 8 rings (SSSR count). The third-order valence-electron chi connectivity index (χ3n) is 15.2. The van der Waals surface area contributed by atoms with Crippen molar-refractivity contribution in [2.45, 2.75) is 108 Å². The van der Waals surface area contributed by atoms with Gasteiger partial charge in [-0.2, -0.15) is 0 Å². The molecule has 8 amide bonds. The van der Waals surface area contributed by atoms with Crippen molar-refractivity contribution in [2.24, 2.45) is 5.92 Å². The van der Waals surface area contributed by atoms with Gasteiger partial charge in [0.25, 0.3) is 17.7 Å². The van der Waals surface area contributed by atoms with Gasteiger partial charge >= 0.3 is 6.09 Å². The van der Waals surface area contributed by atoms with Crippen LogP contribution in [0.2, 0.25) is 0 Å². The highest BCUT2D eigenvalue weighted by atomic mass is 16.7. The predicted octanol–water partition coefficient (Wildman–Crippen LogP) is -0.520. The van der Waals surface area contributed by atoms with Crippen LogP contribution in [-0.4, -0.2) is 203 Å². The fourth-order valence-electron chi connectivity index (χ4n) is 10.5. The summed E-state index contributed by atoms with van der Waals surface area (Å²) in [6, 6.07) is 8.46. The Hall–Kier alpha value is -8.38. The molecule has 8 unspecified atom stereocenters. The number of aliphatic hydroxyl groups is 3. The average molecular weight is 1200 g/mol. The Labute approximate surface area is 493 Å². The van der Waals surface area contributed by atoms with Gasteiger partial charge in [-0.15, -0.1) is 0 Å². The second-order valence-electron chi connectivity index (χ2n) is 21.4. The van der Waals surface area contributed by atoms with Gasteiger partial charge in [0.15, 0.2) is 12.1 Å². The molecule has 28 heteroatoms. The number of phenolic OH excluding ortho intramolecular Hbond substituents is 2. The number of amides is 8. The first-order valence-electron chi connectivity index (χ1n) is 27.8. The number of ketones is 2. The van der Waals surface area contributed by atoms with Crippen LogP contribution in [0.4, 0.5) is 10.5 Å². The quantitative estimate of drug-likeness (QED) is 0.0301. The lowest BCUT2D eigenvalue weighted by Crippen LogP contribution is -2.57. The van der Waals surface area contributed by atoms with E-state index in [9.17, 15) is 73.5 Å². The first-order chi connectivity index (χ1) is 40.9. The molecular weight excluding hydrogens is 1130 g/mol. The summed E-state index contributed by atoms with van der Waals surface area (Å²) in [5.74, 6) is -8.06.